The zero-order valence-electron chi connectivity index (χ0n) is 11.5. The highest BCUT2D eigenvalue weighted by molar-refractivity contribution is 5.89. The third-order valence-corrected chi connectivity index (χ3v) is 3.04. The van der Waals surface area contributed by atoms with Crippen molar-refractivity contribution in [1.82, 2.24) is 0 Å². The Morgan fingerprint density at radius 2 is 2.20 bits per heavy atom. The van der Waals surface area contributed by atoms with Gasteiger partial charge in [-0.1, -0.05) is 0 Å². The number of ether oxygens (including phenoxy) is 2. The Morgan fingerprint density at radius 1 is 1.45 bits per heavy atom. The molecule has 1 aliphatic heterocycles. The molecule has 0 radical (unpaired) electrons. The van der Waals surface area contributed by atoms with Crippen LogP contribution in [0.15, 0.2) is 24.3 Å². The summed E-state index contributed by atoms with van der Waals surface area (Å²) in [5.74, 6) is 0. The molecule has 1 aromatic rings. The number of hydrogen-bond acceptors (Lipinski definition) is 5. The van der Waals surface area contributed by atoms with Crippen LogP contribution >= 0.6 is 0 Å². The maximum Gasteiger partial charge on any atom is 0.414 e. The standard InChI is InChI=1S/C14H20N2O4/c1-2-19-8-7-15-11-3-5-12(6-4-11)16-9-13(10-17)20-14(16)18/h3-6,13,15,17H,2,7-10H2,1H3. The van der Waals surface area contributed by atoms with Gasteiger partial charge in [0.1, 0.15) is 6.10 Å². The highest BCUT2D eigenvalue weighted by Crippen LogP contribution is 2.23. The number of hydrogen-bond donors (Lipinski definition) is 2. The molecule has 0 aliphatic carbocycles. The van der Waals surface area contributed by atoms with Crippen LogP contribution in [0.4, 0.5) is 16.2 Å². The number of carbonyl (C=O) groups excluding carboxylic acids is 1. The summed E-state index contributed by atoms with van der Waals surface area (Å²) in [5.41, 5.74) is 1.74. The Bertz CT molecular complexity index is 435. The second-order valence-electron chi connectivity index (χ2n) is 4.47. The van der Waals surface area contributed by atoms with Crippen LogP contribution in [0.1, 0.15) is 6.92 Å². The molecule has 2 N–H and O–H groups in total. The number of carbonyl (C=O) groups is 1. The number of amides is 1. The molecule has 0 spiro atoms. The number of rotatable bonds is 7. The summed E-state index contributed by atoms with van der Waals surface area (Å²) in [6.45, 7) is 4.31. The van der Waals surface area contributed by atoms with Gasteiger partial charge in [-0.25, -0.2) is 4.79 Å². The van der Waals surface area contributed by atoms with E-state index < -0.39 is 12.2 Å². The summed E-state index contributed by atoms with van der Waals surface area (Å²) in [5, 5.41) is 12.2. The summed E-state index contributed by atoms with van der Waals surface area (Å²) < 4.78 is 10.2. The fraction of sp³-hybridized carbons (Fsp3) is 0.500. The molecule has 1 aromatic carbocycles. The van der Waals surface area contributed by atoms with E-state index in [2.05, 4.69) is 5.32 Å². The van der Waals surface area contributed by atoms with Gasteiger partial charge in [0.05, 0.1) is 19.8 Å². The molecule has 1 heterocycles. The second-order valence-corrected chi connectivity index (χ2v) is 4.47. The molecule has 1 fully saturated rings. The van der Waals surface area contributed by atoms with Crippen LogP contribution in [-0.4, -0.2) is 50.2 Å². The van der Waals surface area contributed by atoms with Gasteiger partial charge in [-0.05, 0) is 31.2 Å². The molecule has 6 heteroatoms. The molecule has 0 saturated carbocycles. The van der Waals surface area contributed by atoms with Crippen molar-refractivity contribution in [2.75, 3.05) is 43.1 Å². The van der Waals surface area contributed by atoms with Crippen molar-refractivity contribution in [3.63, 3.8) is 0 Å². The van der Waals surface area contributed by atoms with Gasteiger partial charge in [-0.2, -0.15) is 0 Å². The minimum atomic E-state index is -0.438. The van der Waals surface area contributed by atoms with Crippen LogP contribution in [-0.2, 0) is 9.47 Å². The predicted molar refractivity (Wildman–Crippen MR) is 76.1 cm³/mol. The highest BCUT2D eigenvalue weighted by Gasteiger charge is 2.31. The topological polar surface area (TPSA) is 71.0 Å². The molecule has 2 rings (SSSR count). The fourth-order valence-corrected chi connectivity index (χ4v) is 2.00. The number of cyclic esters (lactones) is 1. The van der Waals surface area contributed by atoms with Crippen LogP contribution in [0.25, 0.3) is 0 Å². The van der Waals surface area contributed by atoms with Crippen LogP contribution in [0.5, 0.6) is 0 Å². The Labute approximate surface area is 118 Å². The fourth-order valence-electron chi connectivity index (χ4n) is 2.00. The molecule has 110 valence electrons. The lowest BCUT2D eigenvalue weighted by atomic mass is 10.2. The van der Waals surface area contributed by atoms with Gasteiger partial charge in [-0.15, -0.1) is 0 Å². The quantitative estimate of drug-likeness (QED) is 0.740. The Balaban J connectivity index is 1.89. The zero-order valence-corrected chi connectivity index (χ0v) is 11.5. The van der Waals surface area contributed by atoms with Crippen LogP contribution in [0.3, 0.4) is 0 Å². The average Bonchev–Trinajstić information content (AvgIpc) is 2.85. The highest BCUT2D eigenvalue weighted by atomic mass is 16.6. The number of nitrogens with zero attached hydrogens (tertiary/aromatic N) is 1. The van der Waals surface area contributed by atoms with E-state index in [1.165, 1.54) is 4.90 Å². The van der Waals surface area contributed by atoms with Gasteiger partial charge in [0.2, 0.25) is 0 Å². The van der Waals surface area contributed by atoms with Gasteiger partial charge >= 0.3 is 6.09 Å². The van der Waals surface area contributed by atoms with Gasteiger partial charge in [-0.3, -0.25) is 4.90 Å². The molecule has 0 aromatic heterocycles. The monoisotopic (exact) mass is 280 g/mol. The van der Waals surface area contributed by atoms with Gasteiger partial charge in [0.25, 0.3) is 0 Å². The minimum Gasteiger partial charge on any atom is -0.441 e. The van der Waals surface area contributed by atoms with E-state index >= 15 is 0 Å². The van der Waals surface area contributed by atoms with Crippen molar-refractivity contribution in [1.29, 1.82) is 0 Å². The number of aliphatic hydroxyl groups is 1. The van der Waals surface area contributed by atoms with Crippen LogP contribution in [0.2, 0.25) is 0 Å². The number of aliphatic hydroxyl groups excluding tert-OH is 1. The number of nitrogens with one attached hydrogen (secondary N) is 1. The van der Waals surface area contributed by atoms with Crippen molar-refractivity contribution < 1.29 is 19.4 Å². The van der Waals surface area contributed by atoms with Crippen molar-refractivity contribution in [2.45, 2.75) is 13.0 Å². The largest absolute Gasteiger partial charge is 0.441 e. The first-order chi connectivity index (χ1) is 9.74. The summed E-state index contributed by atoms with van der Waals surface area (Å²) in [7, 11) is 0. The normalized spacial score (nSPS) is 18.2. The summed E-state index contributed by atoms with van der Waals surface area (Å²) in [4.78, 5) is 13.2. The zero-order chi connectivity index (χ0) is 14.4. The SMILES string of the molecule is CCOCCNc1ccc(N2CC(CO)OC2=O)cc1. The smallest absolute Gasteiger partial charge is 0.414 e. The molecule has 0 bridgehead atoms. The maximum absolute atomic E-state index is 11.6. The first-order valence-electron chi connectivity index (χ1n) is 6.75. The van der Waals surface area contributed by atoms with Gasteiger partial charge < -0.3 is 19.9 Å². The minimum absolute atomic E-state index is 0.153. The van der Waals surface area contributed by atoms with E-state index in [0.717, 1.165) is 17.9 Å². The molecular weight excluding hydrogens is 260 g/mol. The average molecular weight is 280 g/mol. The van der Waals surface area contributed by atoms with E-state index in [0.29, 0.717) is 19.8 Å². The lowest BCUT2D eigenvalue weighted by molar-refractivity contribution is 0.0963. The Hall–Kier alpha value is -1.79. The molecular formula is C14H20N2O4. The van der Waals surface area contributed by atoms with Gasteiger partial charge in [0, 0.05) is 24.5 Å². The van der Waals surface area contributed by atoms with E-state index in [-0.39, 0.29) is 6.61 Å². The van der Waals surface area contributed by atoms with Crippen molar-refractivity contribution >= 4 is 17.5 Å². The van der Waals surface area contributed by atoms with Crippen LogP contribution in [0, 0.1) is 0 Å². The van der Waals surface area contributed by atoms with Gasteiger partial charge in [0.15, 0.2) is 0 Å². The summed E-state index contributed by atoms with van der Waals surface area (Å²) in [6, 6.07) is 7.51. The van der Waals surface area contributed by atoms with E-state index in [9.17, 15) is 4.79 Å². The number of anilines is 2. The van der Waals surface area contributed by atoms with Crippen molar-refractivity contribution in [3.8, 4) is 0 Å². The van der Waals surface area contributed by atoms with Crippen molar-refractivity contribution in [3.05, 3.63) is 24.3 Å². The van der Waals surface area contributed by atoms with E-state index in [1.54, 1.807) is 0 Å². The molecule has 1 amide bonds. The Kier molecular flexibility index (Phi) is 5.20. The maximum atomic E-state index is 11.6. The first-order valence-corrected chi connectivity index (χ1v) is 6.75. The summed E-state index contributed by atoms with van der Waals surface area (Å²) in [6.07, 6.45) is -0.854. The number of benzene rings is 1. The Morgan fingerprint density at radius 3 is 2.80 bits per heavy atom. The first kappa shape index (κ1) is 14.6. The lowest BCUT2D eigenvalue weighted by Crippen LogP contribution is -2.25. The van der Waals surface area contributed by atoms with Crippen molar-refractivity contribution in [2.24, 2.45) is 0 Å². The van der Waals surface area contributed by atoms with E-state index in [1.807, 2.05) is 31.2 Å². The van der Waals surface area contributed by atoms with Crippen LogP contribution < -0.4 is 10.2 Å². The lowest BCUT2D eigenvalue weighted by Gasteiger charge is -2.14. The van der Waals surface area contributed by atoms with E-state index in [4.69, 9.17) is 14.6 Å². The molecule has 1 aliphatic rings. The molecule has 1 saturated heterocycles. The molecule has 6 nitrogen and oxygen atoms in total. The third kappa shape index (κ3) is 3.61. The third-order valence-electron chi connectivity index (χ3n) is 3.04. The second kappa shape index (κ2) is 7.12. The molecule has 1 atom stereocenters. The molecule has 1 unspecified atom stereocenters. The predicted octanol–water partition coefficient (Wildman–Crippen LogP) is 1.45. The molecule has 20 heavy (non-hydrogen) atoms. The summed E-state index contributed by atoms with van der Waals surface area (Å²) >= 11 is 0.